The normalized spacial score (nSPS) is 11.7. The van der Waals surface area contributed by atoms with Crippen LogP contribution in [0.2, 0.25) is 0 Å². The first-order valence-electron chi connectivity index (χ1n) is 7.90. The Morgan fingerprint density at radius 2 is 1.85 bits per heavy atom. The molecule has 0 spiro atoms. The summed E-state index contributed by atoms with van der Waals surface area (Å²) in [6.07, 6.45) is 1.53. The van der Waals surface area contributed by atoms with Gasteiger partial charge in [0.1, 0.15) is 11.5 Å². The molecule has 136 valence electrons. The van der Waals surface area contributed by atoms with E-state index in [4.69, 9.17) is 9.15 Å². The van der Waals surface area contributed by atoms with Crippen LogP contribution in [0.15, 0.2) is 80.7 Å². The highest BCUT2D eigenvalue weighted by atomic mass is 79.9. The van der Waals surface area contributed by atoms with Crippen molar-refractivity contribution in [3.8, 4) is 5.75 Å². The minimum Gasteiger partial charge on any atom is -0.497 e. The summed E-state index contributed by atoms with van der Waals surface area (Å²) in [4.78, 5) is 0.217. The molecule has 0 aliphatic heterocycles. The zero-order valence-electron chi connectivity index (χ0n) is 14.1. The molecule has 1 heterocycles. The number of rotatable bonds is 7. The Bertz CT molecular complexity index is 971. The number of hydrogen-bond acceptors (Lipinski definition) is 4. The largest absolute Gasteiger partial charge is 0.497 e. The average molecular weight is 436 g/mol. The highest BCUT2D eigenvalue weighted by Gasteiger charge is 2.27. The molecule has 0 saturated heterocycles. The van der Waals surface area contributed by atoms with Gasteiger partial charge < -0.3 is 9.15 Å². The van der Waals surface area contributed by atoms with Crippen LogP contribution >= 0.6 is 15.9 Å². The van der Waals surface area contributed by atoms with Crippen molar-refractivity contribution in [1.82, 2.24) is 4.31 Å². The van der Waals surface area contributed by atoms with Crippen LogP contribution in [-0.4, -0.2) is 19.8 Å². The van der Waals surface area contributed by atoms with Gasteiger partial charge in [-0.25, -0.2) is 8.42 Å². The summed E-state index contributed by atoms with van der Waals surface area (Å²) in [7, 11) is -2.16. The number of furan rings is 1. The molecule has 1 aromatic heterocycles. The number of nitrogens with zero attached hydrogens (tertiary/aromatic N) is 1. The van der Waals surface area contributed by atoms with Crippen LogP contribution in [0.3, 0.4) is 0 Å². The van der Waals surface area contributed by atoms with Crippen LogP contribution < -0.4 is 4.74 Å². The number of methoxy groups -OCH3 is 1. The molecule has 2 aromatic carbocycles. The summed E-state index contributed by atoms with van der Waals surface area (Å²) in [5.74, 6) is 1.25. The second kappa shape index (κ2) is 8.07. The molecule has 3 rings (SSSR count). The molecule has 5 nitrogen and oxygen atoms in total. The van der Waals surface area contributed by atoms with Gasteiger partial charge in [-0.1, -0.05) is 24.3 Å². The molecule has 0 amide bonds. The Hall–Kier alpha value is -2.09. The first-order valence-corrected chi connectivity index (χ1v) is 10.1. The standard InChI is InChI=1S/C19H18BrNO4S/c1-24-16-7-4-6-15(12-16)13-21(14-17-8-5-11-25-17)26(22,23)19-10-3-2-9-18(19)20/h2-12H,13-14H2,1H3. The minimum atomic E-state index is -3.74. The monoisotopic (exact) mass is 435 g/mol. The van der Waals surface area contributed by atoms with E-state index in [0.29, 0.717) is 16.0 Å². The van der Waals surface area contributed by atoms with E-state index in [2.05, 4.69) is 15.9 Å². The number of benzene rings is 2. The van der Waals surface area contributed by atoms with Crippen molar-refractivity contribution in [1.29, 1.82) is 0 Å². The number of halogens is 1. The van der Waals surface area contributed by atoms with Crippen LogP contribution in [0.5, 0.6) is 5.75 Å². The van der Waals surface area contributed by atoms with E-state index in [0.717, 1.165) is 5.56 Å². The fraction of sp³-hybridized carbons (Fsp3) is 0.158. The van der Waals surface area contributed by atoms with Crippen molar-refractivity contribution in [2.75, 3.05) is 7.11 Å². The van der Waals surface area contributed by atoms with Crippen LogP contribution in [0, 0.1) is 0 Å². The van der Waals surface area contributed by atoms with E-state index >= 15 is 0 Å². The van der Waals surface area contributed by atoms with E-state index < -0.39 is 10.0 Å². The van der Waals surface area contributed by atoms with Crippen LogP contribution in [0.25, 0.3) is 0 Å². The summed E-state index contributed by atoms with van der Waals surface area (Å²) in [6, 6.07) is 17.6. The molecule has 0 bridgehead atoms. The molecule has 0 radical (unpaired) electrons. The molecule has 0 atom stereocenters. The van der Waals surface area contributed by atoms with Gasteiger partial charge in [-0.05, 0) is 57.9 Å². The van der Waals surface area contributed by atoms with Gasteiger partial charge in [0.25, 0.3) is 0 Å². The summed E-state index contributed by atoms with van der Waals surface area (Å²) >= 11 is 3.34. The van der Waals surface area contributed by atoms with Crippen molar-refractivity contribution in [3.63, 3.8) is 0 Å². The van der Waals surface area contributed by atoms with Gasteiger partial charge in [0.2, 0.25) is 10.0 Å². The predicted octanol–water partition coefficient (Wildman–Crippen LogP) is 4.44. The van der Waals surface area contributed by atoms with Gasteiger partial charge in [0.05, 0.1) is 24.8 Å². The minimum absolute atomic E-state index is 0.133. The molecule has 0 N–H and O–H groups in total. The maximum atomic E-state index is 13.3. The molecule has 26 heavy (non-hydrogen) atoms. The van der Waals surface area contributed by atoms with E-state index in [9.17, 15) is 8.42 Å². The van der Waals surface area contributed by atoms with Crippen molar-refractivity contribution in [3.05, 3.63) is 82.7 Å². The number of ether oxygens (including phenoxy) is 1. The van der Waals surface area contributed by atoms with Gasteiger partial charge in [0.15, 0.2) is 0 Å². The smallest absolute Gasteiger partial charge is 0.244 e. The third-order valence-electron chi connectivity index (χ3n) is 3.86. The fourth-order valence-corrected chi connectivity index (χ4v) is 4.93. The molecular weight excluding hydrogens is 418 g/mol. The van der Waals surface area contributed by atoms with Crippen molar-refractivity contribution in [2.45, 2.75) is 18.0 Å². The van der Waals surface area contributed by atoms with Gasteiger partial charge in [-0.3, -0.25) is 0 Å². The van der Waals surface area contributed by atoms with Crippen LogP contribution in [-0.2, 0) is 23.1 Å². The lowest BCUT2D eigenvalue weighted by Gasteiger charge is -2.22. The Kier molecular flexibility index (Phi) is 5.80. The Morgan fingerprint density at radius 1 is 1.04 bits per heavy atom. The SMILES string of the molecule is COc1cccc(CN(Cc2ccco2)S(=O)(=O)c2ccccc2Br)c1. The third kappa shape index (κ3) is 4.17. The van der Waals surface area contributed by atoms with Crippen LogP contribution in [0.4, 0.5) is 0 Å². The average Bonchev–Trinajstić information content (AvgIpc) is 3.15. The van der Waals surface area contributed by atoms with E-state index in [1.165, 1.54) is 10.6 Å². The Balaban J connectivity index is 1.98. The molecule has 0 saturated carbocycles. The zero-order chi connectivity index (χ0) is 18.6. The fourth-order valence-electron chi connectivity index (χ4n) is 2.57. The summed E-state index contributed by atoms with van der Waals surface area (Å²) in [6.45, 7) is 0.329. The quantitative estimate of drug-likeness (QED) is 0.550. The second-order valence-electron chi connectivity index (χ2n) is 5.63. The molecular formula is C19H18BrNO4S. The molecule has 0 fully saturated rings. The maximum Gasteiger partial charge on any atom is 0.244 e. The third-order valence-corrected chi connectivity index (χ3v) is 6.66. The lowest BCUT2D eigenvalue weighted by Crippen LogP contribution is -2.30. The molecule has 0 aliphatic carbocycles. The lowest BCUT2D eigenvalue weighted by atomic mass is 10.2. The summed E-state index contributed by atoms with van der Waals surface area (Å²) in [5.41, 5.74) is 0.825. The number of sulfonamides is 1. The van der Waals surface area contributed by atoms with E-state index in [1.807, 2.05) is 24.3 Å². The van der Waals surface area contributed by atoms with Crippen molar-refractivity contribution < 1.29 is 17.6 Å². The Morgan fingerprint density at radius 3 is 2.54 bits per heavy atom. The summed E-state index contributed by atoms with van der Waals surface area (Å²) < 4.78 is 39.0. The first kappa shape index (κ1) is 18.7. The number of hydrogen-bond donors (Lipinski definition) is 0. The first-order chi connectivity index (χ1) is 12.5. The molecule has 3 aromatic rings. The highest BCUT2D eigenvalue weighted by Crippen LogP contribution is 2.28. The molecule has 0 unspecified atom stereocenters. The highest BCUT2D eigenvalue weighted by molar-refractivity contribution is 9.10. The van der Waals surface area contributed by atoms with E-state index in [1.54, 1.807) is 43.5 Å². The van der Waals surface area contributed by atoms with Crippen molar-refractivity contribution >= 4 is 26.0 Å². The van der Waals surface area contributed by atoms with Gasteiger partial charge in [-0.2, -0.15) is 4.31 Å². The molecule has 0 aliphatic rings. The molecule has 7 heteroatoms. The van der Waals surface area contributed by atoms with Gasteiger partial charge >= 0.3 is 0 Å². The van der Waals surface area contributed by atoms with Crippen molar-refractivity contribution in [2.24, 2.45) is 0 Å². The predicted molar refractivity (Wildman–Crippen MR) is 102 cm³/mol. The second-order valence-corrected chi connectivity index (χ2v) is 8.40. The van der Waals surface area contributed by atoms with Gasteiger partial charge in [-0.15, -0.1) is 0 Å². The summed E-state index contributed by atoms with van der Waals surface area (Å²) in [5, 5.41) is 0. The maximum absolute atomic E-state index is 13.3. The zero-order valence-corrected chi connectivity index (χ0v) is 16.5. The van der Waals surface area contributed by atoms with E-state index in [-0.39, 0.29) is 18.0 Å². The lowest BCUT2D eigenvalue weighted by molar-refractivity contribution is 0.357. The van der Waals surface area contributed by atoms with Gasteiger partial charge in [0, 0.05) is 11.0 Å². The topological polar surface area (TPSA) is 59.8 Å². The Labute approximate surface area is 161 Å². The van der Waals surface area contributed by atoms with Crippen LogP contribution in [0.1, 0.15) is 11.3 Å².